The second kappa shape index (κ2) is 4.62. The highest BCUT2D eigenvalue weighted by atomic mass is 15.2. The molecule has 0 saturated heterocycles. The van der Waals surface area contributed by atoms with Crippen LogP contribution in [0.4, 0.5) is 5.82 Å². The van der Waals surface area contributed by atoms with Crippen molar-refractivity contribution in [2.24, 2.45) is 5.92 Å². The normalized spacial score (nSPS) is 15.3. The maximum absolute atomic E-state index is 4.46. The smallest absolute Gasteiger partial charge is 0.128 e. The summed E-state index contributed by atoms with van der Waals surface area (Å²) >= 11 is 0. The van der Waals surface area contributed by atoms with Gasteiger partial charge in [0.2, 0.25) is 0 Å². The summed E-state index contributed by atoms with van der Waals surface area (Å²) in [5.41, 5.74) is 1.24. The van der Waals surface area contributed by atoms with Gasteiger partial charge in [-0.05, 0) is 37.4 Å². The summed E-state index contributed by atoms with van der Waals surface area (Å²) < 4.78 is 0. The number of pyridine rings is 1. The van der Waals surface area contributed by atoms with Gasteiger partial charge in [-0.2, -0.15) is 0 Å². The van der Waals surface area contributed by atoms with E-state index < -0.39 is 0 Å². The Morgan fingerprint density at radius 3 is 2.80 bits per heavy atom. The fraction of sp³-hybridized carbons (Fsp3) is 0.583. The first-order valence-corrected chi connectivity index (χ1v) is 5.60. The highest BCUT2D eigenvalue weighted by molar-refractivity contribution is 5.38. The molecule has 15 heavy (non-hydrogen) atoms. The lowest BCUT2D eigenvalue weighted by Gasteiger charge is -2.17. The Kier molecular flexibility index (Phi) is 3.21. The lowest BCUT2D eigenvalue weighted by Crippen LogP contribution is -2.21. The van der Waals surface area contributed by atoms with Crippen molar-refractivity contribution < 1.29 is 0 Å². The summed E-state index contributed by atoms with van der Waals surface area (Å²) in [5.74, 6) is 2.00. The van der Waals surface area contributed by atoms with Crippen LogP contribution in [0.3, 0.4) is 0 Å². The first-order chi connectivity index (χ1) is 7.29. The second-order valence-electron chi connectivity index (χ2n) is 4.38. The minimum Gasteiger partial charge on any atom is -0.359 e. The van der Waals surface area contributed by atoms with E-state index in [-0.39, 0.29) is 0 Å². The fourth-order valence-corrected chi connectivity index (χ4v) is 1.73. The van der Waals surface area contributed by atoms with Gasteiger partial charge in [-0.1, -0.05) is 6.07 Å². The van der Waals surface area contributed by atoms with Crippen molar-refractivity contribution in [3.8, 4) is 0 Å². The monoisotopic (exact) mass is 205 g/mol. The molecule has 1 saturated carbocycles. The average molecular weight is 205 g/mol. The molecule has 1 N–H and O–H groups in total. The average Bonchev–Trinajstić information content (AvgIpc) is 3.03. The Labute approximate surface area is 91.5 Å². The first kappa shape index (κ1) is 10.4. The number of anilines is 1. The molecule has 1 fully saturated rings. The molecule has 0 bridgehead atoms. The highest BCUT2D eigenvalue weighted by Crippen LogP contribution is 2.30. The van der Waals surface area contributed by atoms with Gasteiger partial charge >= 0.3 is 0 Å². The van der Waals surface area contributed by atoms with E-state index in [9.17, 15) is 0 Å². The lowest BCUT2D eigenvalue weighted by atomic mass is 10.2. The van der Waals surface area contributed by atoms with Crippen molar-refractivity contribution in [1.82, 2.24) is 10.3 Å². The predicted molar refractivity (Wildman–Crippen MR) is 63.0 cm³/mol. The molecular weight excluding hydrogens is 186 g/mol. The van der Waals surface area contributed by atoms with Crippen LogP contribution in [0.15, 0.2) is 18.3 Å². The molecule has 3 heteroatoms. The second-order valence-corrected chi connectivity index (χ2v) is 4.38. The van der Waals surface area contributed by atoms with E-state index in [0.717, 1.165) is 24.8 Å². The minimum absolute atomic E-state index is 0.889. The molecule has 3 nitrogen and oxygen atoms in total. The Morgan fingerprint density at radius 1 is 1.47 bits per heavy atom. The summed E-state index contributed by atoms with van der Waals surface area (Å²) in [6.07, 6.45) is 4.74. The Hall–Kier alpha value is -1.09. The highest BCUT2D eigenvalue weighted by Gasteiger charge is 2.23. The SMILES string of the molecule is CNCc1ccc(N(C)CC2CC2)nc1. The molecule has 0 radical (unpaired) electrons. The van der Waals surface area contributed by atoms with Crippen molar-refractivity contribution in [3.05, 3.63) is 23.9 Å². The van der Waals surface area contributed by atoms with E-state index in [1.807, 2.05) is 13.2 Å². The van der Waals surface area contributed by atoms with E-state index >= 15 is 0 Å². The standard InChI is InChI=1S/C12H19N3/c1-13-7-11-5-6-12(14-8-11)15(2)9-10-3-4-10/h5-6,8,10,13H,3-4,7,9H2,1-2H3. The van der Waals surface area contributed by atoms with Crippen molar-refractivity contribution in [1.29, 1.82) is 0 Å². The molecule has 1 aliphatic rings. The lowest BCUT2D eigenvalue weighted by molar-refractivity contribution is 0.773. The molecule has 0 aromatic carbocycles. The molecule has 1 aliphatic carbocycles. The van der Waals surface area contributed by atoms with Gasteiger partial charge in [-0.15, -0.1) is 0 Å². The molecule has 0 atom stereocenters. The Bertz CT molecular complexity index is 303. The van der Waals surface area contributed by atoms with Crippen LogP contribution >= 0.6 is 0 Å². The van der Waals surface area contributed by atoms with Crippen LogP contribution < -0.4 is 10.2 Å². The third kappa shape index (κ3) is 2.93. The zero-order valence-corrected chi connectivity index (χ0v) is 9.53. The van der Waals surface area contributed by atoms with Gasteiger partial charge in [-0.3, -0.25) is 0 Å². The van der Waals surface area contributed by atoms with Crippen LogP contribution in [0.5, 0.6) is 0 Å². The van der Waals surface area contributed by atoms with E-state index in [0.29, 0.717) is 0 Å². The number of aromatic nitrogens is 1. The third-order valence-electron chi connectivity index (χ3n) is 2.81. The quantitative estimate of drug-likeness (QED) is 0.792. The summed E-state index contributed by atoms with van der Waals surface area (Å²) in [5, 5.41) is 3.12. The molecule has 0 aliphatic heterocycles. The zero-order chi connectivity index (χ0) is 10.7. The van der Waals surface area contributed by atoms with Gasteiger partial charge in [0.15, 0.2) is 0 Å². The number of hydrogen-bond donors (Lipinski definition) is 1. The Balaban J connectivity index is 1.95. The summed E-state index contributed by atoms with van der Waals surface area (Å²) in [7, 11) is 4.07. The van der Waals surface area contributed by atoms with Crippen LogP contribution in [0, 0.1) is 5.92 Å². The predicted octanol–water partition coefficient (Wildman–Crippen LogP) is 1.65. The van der Waals surface area contributed by atoms with Crippen molar-refractivity contribution in [2.45, 2.75) is 19.4 Å². The number of hydrogen-bond acceptors (Lipinski definition) is 3. The number of nitrogens with zero attached hydrogens (tertiary/aromatic N) is 2. The maximum atomic E-state index is 4.46. The Morgan fingerprint density at radius 2 is 2.27 bits per heavy atom. The molecule has 0 spiro atoms. The van der Waals surface area contributed by atoms with Gasteiger partial charge < -0.3 is 10.2 Å². The van der Waals surface area contributed by atoms with Gasteiger partial charge in [0.25, 0.3) is 0 Å². The summed E-state index contributed by atoms with van der Waals surface area (Å²) in [6.45, 7) is 2.04. The molecule has 1 aromatic rings. The molecule has 0 amide bonds. The van der Waals surface area contributed by atoms with Gasteiger partial charge in [0.05, 0.1) is 0 Å². The van der Waals surface area contributed by atoms with Crippen molar-refractivity contribution in [3.63, 3.8) is 0 Å². The number of rotatable bonds is 5. The van der Waals surface area contributed by atoms with Gasteiger partial charge in [0, 0.05) is 26.3 Å². The van der Waals surface area contributed by atoms with Gasteiger partial charge in [-0.25, -0.2) is 4.98 Å². The van der Waals surface area contributed by atoms with E-state index in [1.165, 1.54) is 18.4 Å². The van der Waals surface area contributed by atoms with Crippen molar-refractivity contribution >= 4 is 5.82 Å². The minimum atomic E-state index is 0.889. The third-order valence-corrected chi connectivity index (χ3v) is 2.81. The molecule has 1 heterocycles. The van der Waals surface area contributed by atoms with Crippen LogP contribution in [0.1, 0.15) is 18.4 Å². The topological polar surface area (TPSA) is 28.2 Å². The van der Waals surface area contributed by atoms with Crippen LogP contribution in [-0.2, 0) is 6.54 Å². The van der Waals surface area contributed by atoms with Gasteiger partial charge in [0.1, 0.15) is 5.82 Å². The summed E-state index contributed by atoms with van der Waals surface area (Å²) in [4.78, 5) is 6.71. The van der Waals surface area contributed by atoms with Crippen LogP contribution in [0.2, 0.25) is 0 Å². The summed E-state index contributed by atoms with van der Waals surface area (Å²) in [6, 6.07) is 4.25. The van der Waals surface area contributed by atoms with E-state index in [4.69, 9.17) is 0 Å². The maximum Gasteiger partial charge on any atom is 0.128 e. The zero-order valence-electron chi connectivity index (χ0n) is 9.53. The fourth-order valence-electron chi connectivity index (χ4n) is 1.73. The first-order valence-electron chi connectivity index (χ1n) is 5.60. The van der Waals surface area contributed by atoms with Crippen molar-refractivity contribution in [2.75, 3.05) is 25.5 Å². The van der Waals surface area contributed by atoms with E-state index in [2.05, 4.69) is 34.4 Å². The molecule has 82 valence electrons. The largest absolute Gasteiger partial charge is 0.359 e. The molecule has 0 unspecified atom stereocenters. The number of nitrogens with one attached hydrogen (secondary N) is 1. The van der Waals surface area contributed by atoms with E-state index in [1.54, 1.807) is 0 Å². The van der Waals surface area contributed by atoms with Crippen LogP contribution in [-0.4, -0.2) is 25.6 Å². The van der Waals surface area contributed by atoms with Crippen LogP contribution in [0.25, 0.3) is 0 Å². The molecule has 1 aromatic heterocycles. The molecular formula is C12H19N3. The molecule has 2 rings (SSSR count).